The third-order valence-corrected chi connectivity index (χ3v) is 8.00. The molecule has 3 heterocycles. The first-order valence-electron chi connectivity index (χ1n) is 13.1. The fourth-order valence-electron chi connectivity index (χ4n) is 5.95. The van der Waals surface area contributed by atoms with Gasteiger partial charge < -0.3 is 20.3 Å². The van der Waals surface area contributed by atoms with Gasteiger partial charge in [0.25, 0.3) is 11.5 Å². The summed E-state index contributed by atoms with van der Waals surface area (Å²) < 4.78 is 5.88. The molecule has 0 unspecified atom stereocenters. The first kappa shape index (κ1) is 23.7. The van der Waals surface area contributed by atoms with E-state index in [0.717, 1.165) is 54.3 Å². The van der Waals surface area contributed by atoms with Crippen LogP contribution in [0.4, 0.5) is 0 Å². The monoisotopic (exact) mass is 501 g/mol. The number of H-pyrrole nitrogens is 1. The van der Waals surface area contributed by atoms with E-state index in [4.69, 9.17) is 10.5 Å². The van der Waals surface area contributed by atoms with Crippen LogP contribution in [0, 0.1) is 0 Å². The summed E-state index contributed by atoms with van der Waals surface area (Å²) in [7, 11) is 0. The van der Waals surface area contributed by atoms with Crippen LogP contribution in [0.2, 0.25) is 0 Å². The molecular weight excluding hydrogens is 470 g/mol. The Morgan fingerprint density at radius 1 is 1.03 bits per heavy atom. The molecule has 2 aliphatic heterocycles. The number of nitrogens with two attached hydrogens (primary N) is 1. The van der Waals surface area contributed by atoms with Crippen molar-refractivity contribution in [1.29, 1.82) is 0 Å². The lowest BCUT2D eigenvalue weighted by Crippen LogP contribution is -2.59. The Morgan fingerprint density at radius 2 is 1.73 bits per heavy atom. The van der Waals surface area contributed by atoms with Crippen molar-refractivity contribution < 1.29 is 14.3 Å². The van der Waals surface area contributed by atoms with E-state index in [1.807, 2.05) is 29.2 Å². The molecule has 1 aromatic heterocycles. The zero-order chi connectivity index (χ0) is 25.6. The number of nitrogens with one attached hydrogen (secondary N) is 1. The number of aromatic nitrogens is 2. The maximum Gasteiger partial charge on any atom is 0.272 e. The summed E-state index contributed by atoms with van der Waals surface area (Å²) in [6.45, 7) is 2.44. The van der Waals surface area contributed by atoms with E-state index in [9.17, 15) is 14.4 Å². The topological polar surface area (TPSA) is 122 Å². The molecule has 6 rings (SSSR count). The quantitative estimate of drug-likeness (QED) is 0.564. The first-order chi connectivity index (χ1) is 17.9. The van der Waals surface area contributed by atoms with Crippen molar-refractivity contribution in [2.75, 3.05) is 32.8 Å². The van der Waals surface area contributed by atoms with Crippen LogP contribution in [-0.2, 0) is 17.6 Å². The number of ether oxygens (including phenoxy) is 1. The van der Waals surface area contributed by atoms with Gasteiger partial charge in [-0.3, -0.25) is 14.4 Å². The average Bonchev–Trinajstić information content (AvgIpc) is 3.59. The normalized spacial score (nSPS) is 18.6. The summed E-state index contributed by atoms with van der Waals surface area (Å²) in [5.74, 6) is 0.581. The van der Waals surface area contributed by atoms with Crippen LogP contribution in [0.15, 0.2) is 41.2 Å². The molecule has 3 aromatic rings. The minimum Gasteiger partial charge on any atom is -0.492 e. The summed E-state index contributed by atoms with van der Waals surface area (Å²) in [5.41, 5.74) is 8.68. The maximum absolute atomic E-state index is 13.7. The first-order valence-corrected chi connectivity index (χ1v) is 13.1. The number of hydrogen-bond donors (Lipinski definition) is 2. The molecule has 37 heavy (non-hydrogen) atoms. The van der Waals surface area contributed by atoms with Crippen molar-refractivity contribution in [3.63, 3.8) is 0 Å². The molecule has 0 bridgehead atoms. The third kappa shape index (κ3) is 4.27. The van der Waals surface area contributed by atoms with Crippen molar-refractivity contribution >= 4 is 22.6 Å². The molecule has 9 heteroatoms. The van der Waals surface area contributed by atoms with E-state index in [1.54, 1.807) is 11.0 Å². The van der Waals surface area contributed by atoms with Gasteiger partial charge in [-0.15, -0.1) is 0 Å². The highest BCUT2D eigenvalue weighted by Crippen LogP contribution is 2.34. The van der Waals surface area contributed by atoms with Gasteiger partial charge in [0, 0.05) is 44.4 Å². The Labute approximate surface area is 214 Å². The van der Waals surface area contributed by atoms with Gasteiger partial charge in [0.05, 0.1) is 28.8 Å². The number of hydrogen-bond acceptors (Lipinski definition) is 6. The fourth-order valence-corrected chi connectivity index (χ4v) is 5.95. The molecule has 0 spiro atoms. The Balaban J connectivity index is 1.23. The smallest absolute Gasteiger partial charge is 0.272 e. The van der Waals surface area contributed by atoms with Gasteiger partial charge in [-0.1, -0.05) is 37.1 Å². The molecule has 2 fully saturated rings. The molecule has 9 nitrogen and oxygen atoms in total. The van der Waals surface area contributed by atoms with Crippen LogP contribution in [-0.4, -0.2) is 70.1 Å². The molecule has 192 valence electrons. The van der Waals surface area contributed by atoms with Crippen LogP contribution in [0.1, 0.15) is 52.9 Å². The number of aromatic amines is 1. The van der Waals surface area contributed by atoms with Crippen molar-refractivity contribution in [2.24, 2.45) is 5.73 Å². The number of piperazine rings is 1. The third-order valence-electron chi connectivity index (χ3n) is 8.00. The highest BCUT2D eigenvalue weighted by Gasteiger charge is 2.41. The van der Waals surface area contributed by atoms with E-state index < -0.39 is 5.54 Å². The van der Waals surface area contributed by atoms with Crippen molar-refractivity contribution in [3.05, 3.63) is 69.1 Å². The predicted molar refractivity (Wildman–Crippen MR) is 139 cm³/mol. The van der Waals surface area contributed by atoms with Crippen molar-refractivity contribution in [1.82, 2.24) is 20.0 Å². The largest absolute Gasteiger partial charge is 0.492 e. The minimum atomic E-state index is -0.741. The second-order valence-corrected chi connectivity index (χ2v) is 10.4. The summed E-state index contributed by atoms with van der Waals surface area (Å²) in [5, 5.41) is 8.30. The van der Waals surface area contributed by atoms with E-state index in [1.165, 1.54) is 0 Å². The Bertz CT molecular complexity index is 1430. The SMILES string of the molecule is NC1(C(=O)N2CCN(C(=O)c3cc(Cc4n[nH]c(=O)c5ccccc45)cc4c3OCC4)CC2)CCCC1. The molecule has 2 amide bonds. The fraction of sp³-hybridized carbons (Fsp3) is 0.429. The number of rotatable bonds is 4. The number of benzene rings is 2. The number of amides is 2. The van der Waals surface area contributed by atoms with Gasteiger partial charge in [0.1, 0.15) is 5.75 Å². The van der Waals surface area contributed by atoms with Crippen LogP contribution in [0.5, 0.6) is 5.75 Å². The lowest BCUT2D eigenvalue weighted by atomic mass is 9.96. The molecular formula is C28H31N5O4. The zero-order valence-electron chi connectivity index (χ0n) is 20.8. The lowest BCUT2D eigenvalue weighted by molar-refractivity contribution is -0.138. The second kappa shape index (κ2) is 9.30. The zero-order valence-corrected chi connectivity index (χ0v) is 20.8. The number of fused-ring (bicyclic) bond motifs is 2. The van der Waals surface area contributed by atoms with Crippen LogP contribution >= 0.6 is 0 Å². The molecule has 1 aliphatic carbocycles. The molecule has 2 aromatic carbocycles. The highest BCUT2D eigenvalue weighted by atomic mass is 16.5. The Kier molecular flexibility index (Phi) is 5.95. The highest BCUT2D eigenvalue weighted by molar-refractivity contribution is 5.98. The lowest BCUT2D eigenvalue weighted by Gasteiger charge is -2.38. The van der Waals surface area contributed by atoms with Crippen molar-refractivity contribution in [2.45, 2.75) is 44.1 Å². The summed E-state index contributed by atoms with van der Waals surface area (Å²) in [6, 6.07) is 11.4. The van der Waals surface area contributed by atoms with E-state index in [0.29, 0.717) is 55.9 Å². The molecule has 0 radical (unpaired) electrons. The standard InChI is InChI=1S/C28H31N5O4/c29-28(8-3-4-9-28)27(36)33-12-10-32(11-13-33)26(35)22-16-18(15-19-7-14-37-24(19)22)17-23-20-5-1-2-6-21(20)25(34)31-30-23/h1-2,5-6,15-16H,3-4,7-14,17,29H2,(H,31,34). The molecule has 0 atom stereocenters. The van der Waals surface area contributed by atoms with Crippen LogP contribution in [0.25, 0.3) is 10.8 Å². The number of nitrogens with zero attached hydrogens (tertiary/aromatic N) is 3. The summed E-state index contributed by atoms with van der Waals surface area (Å²) >= 11 is 0. The van der Waals surface area contributed by atoms with Gasteiger partial charge >= 0.3 is 0 Å². The number of carbonyl (C=O) groups excluding carboxylic acids is 2. The summed E-state index contributed by atoms with van der Waals surface area (Å²) in [4.78, 5) is 42.5. The van der Waals surface area contributed by atoms with Gasteiger partial charge in [-0.2, -0.15) is 5.10 Å². The second-order valence-electron chi connectivity index (χ2n) is 10.4. The predicted octanol–water partition coefficient (Wildman–Crippen LogP) is 2.00. The maximum atomic E-state index is 13.7. The molecule has 1 saturated heterocycles. The Hall–Kier alpha value is -3.72. The number of carbonyl (C=O) groups is 2. The van der Waals surface area contributed by atoms with Gasteiger partial charge in [0.2, 0.25) is 5.91 Å². The van der Waals surface area contributed by atoms with Gasteiger partial charge in [-0.25, -0.2) is 5.10 Å². The van der Waals surface area contributed by atoms with E-state index >= 15 is 0 Å². The van der Waals surface area contributed by atoms with E-state index in [-0.39, 0.29) is 17.4 Å². The average molecular weight is 502 g/mol. The molecule has 1 saturated carbocycles. The van der Waals surface area contributed by atoms with Crippen LogP contribution < -0.4 is 16.0 Å². The Morgan fingerprint density at radius 3 is 2.49 bits per heavy atom. The minimum absolute atomic E-state index is 0.0175. The van der Waals surface area contributed by atoms with Crippen LogP contribution in [0.3, 0.4) is 0 Å². The summed E-state index contributed by atoms with van der Waals surface area (Å²) in [6.07, 6.45) is 4.68. The van der Waals surface area contributed by atoms with Gasteiger partial charge in [-0.05, 0) is 36.1 Å². The molecule has 3 aliphatic rings. The molecule has 3 N–H and O–H groups in total. The van der Waals surface area contributed by atoms with E-state index in [2.05, 4.69) is 16.3 Å². The van der Waals surface area contributed by atoms with Gasteiger partial charge in [0.15, 0.2) is 0 Å². The van der Waals surface area contributed by atoms with Crippen molar-refractivity contribution in [3.8, 4) is 5.75 Å².